The molecule has 1 fully saturated rings. The lowest BCUT2D eigenvalue weighted by molar-refractivity contribution is 0.0352. The fourth-order valence-corrected chi connectivity index (χ4v) is 4.58. The first-order valence-electron chi connectivity index (χ1n) is 8.34. The van der Waals surface area contributed by atoms with E-state index in [0.29, 0.717) is 6.42 Å². The molecule has 0 bridgehead atoms. The van der Waals surface area contributed by atoms with E-state index in [1.165, 1.54) is 18.2 Å². The van der Waals surface area contributed by atoms with Gasteiger partial charge in [-0.15, -0.1) is 6.58 Å². The van der Waals surface area contributed by atoms with Crippen molar-refractivity contribution in [3.05, 3.63) is 77.9 Å². The van der Waals surface area contributed by atoms with Gasteiger partial charge < -0.3 is 4.74 Å². The zero-order valence-electron chi connectivity index (χ0n) is 14.8. The smallest absolute Gasteiger partial charge is 0.425 e. The Balaban J connectivity index is 1.95. The van der Waals surface area contributed by atoms with Gasteiger partial charge in [-0.3, -0.25) is 0 Å². The summed E-state index contributed by atoms with van der Waals surface area (Å²) in [4.78, 5) is 12.7. The first kappa shape index (κ1) is 18.2. The zero-order chi connectivity index (χ0) is 18.9. The topological polar surface area (TPSA) is 63.7 Å². The third-order valence-corrected chi connectivity index (χ3v) is 6.37. The molecule has 0 radical (unpaired) electrons. The SMILES string of the molecule is C=C[C@H]1C[C@@H](c2ccccc2C)OC(=O)N1S(=O)(=O)c1ccc(C)cc1. The lowest BCUT2D eigenvalue weighted by atomic mass is 9.97. The molecule has 0 aliphatic carbocycles. The Kier molecular flexibility index (Phi) is 4.87. The molecule has 2 atom stereocenters. The fourth-order valence-electron chi connectivity index (χ4n) is 3.10. The van der Waals surface area contributed by atoms with Crippen molar-refractivity contribution in [3.8, 4) is 0 Å². The molecule has 2 aromatic carbocycles. The van der Waals surface area contributed by atoms with Crippen LogP contribution in [0.5, 0.6) is 0 Å². The van der Waals surface area contributed by atoms with E-state index in [-0.39, 0.29) is 4.90 Å². The van der Waals surface area contributed by atoms with Gasteiger partial charge in [0.05, 0.1) is 10.9 Å². The molecule has 1 saturated heterocycles. The summed E-state index contributed by atoms with van der Waals surface area (Å²) in [5, 5.41) is 0. The number of sulfonamides is 1. The maximum atomic E-state index is 13.0. The van der Waals surface area contributed by atoms with E-state index in [0.717, 1.165) is 21.0 Å². The van der Waals surface area contributed by atoms with E-state index in [2.05, 4.69) is 6.58 Å². The third kappa shape index (κ3) is 3.24. The second kappa shape index (κ2) is 6.96. The van der Waals surface area contributed by atoms with Gasteiger partial charge in [0.1, 0.15) is 6.10 Å². The number of amides is 1. The van der Waals surface area contributed by atoms with Crippen LogP contribution in [-0.4, -0.2) is 24.9 Å². The summed E-state index contributed by atoms with van der Waals surface area (Å²) in [6, 6.07) is 13.3. The highest BCUT2D eigenvalue weighted by Gasteiger charge is 2.42. The highest BCUT2D eigenvalue weighted by atomic mass is 32.2. The van der Waals surface area contributed by atoms with Gasteiger partial charge >= 0.3 is 6.09 Å². The molecule has 0 unspecified atom stereocenters. The maximum Gasteiger partial charge on any atom is 0.425 e. The van der Waals surface area contributed by atoms with Crippen LogP contribution in [-0.2, 0) is 14.8 Å². The van der Waals surface area contributed by atoms with Crippen LogP contribution in [0.1, 0.15) is 29.2 Å². The second-order valence-electron chi connectivity index (χ2n) is 6.38. The average molecular weight is 371 g/mol. The van der Waals surface area contributed by atoms with Crippen LogP contribution < -0.4 is 0 Å². The van der Waals surface area contributed by atoms with Crippen molar-refractivity contribution in [1.82, 2.24) is 4.31 Å². The van der Waals surface area contributed by atoms with E-state index in [1.807, 2.05) is 38.1 Å². The molecule has 1 heterocycles. The summed E-state index contributed by atoms with van der Waals surface area (Å²) in [5.41, 5.74) is 2.80. The Bertz CT molecular complexity index is 935. The van der Waals surface area contributed by atoms with Crippen LogP contribution in [0, 0.1) is 13.8 Å². The van der Waals surface area contributed by atoms with Gasteiger partial charge in [0.2, 0.25) is 0 Å². The van der Waals surface area contributed by atoms with Gasteiger partial charge in [0.25, 0.3) is 10.0 Å². The number of carbonyl (C=O) groups excluding carboxylic acids is 1. The van der Waals surface area contributed by atoms with Gasteiger partial charge in [-0.2, -0.15) is 4.31 Å². The molecule has 0 spiro atoms. The van der Waals surface area contributed by atoms with Gasteiger partial charge in [-0.1, -0.05) is 48.0 Å². The third-order valence-electron chi connectivity index (χ3n) is 4.57. The minimum Gasteiger partial charge on any atom is -0.440 e. The zero-order valence-corrected chi connectivity index (χ0v) is 15.6. The molecule has 136 valence electrons. The van der Waals surface area contributed by atoms with E-state index in [9.17, 15) is 13.2 Å². The van der Waals surface area contributed by atoms with Crippen LogP contribution in [0.2, 0.25) is 0 Å². The maximum absolute atomic E-state index is 13.0. The van der Waals surface area contributed by atoms with Crippen molar-refractivity contribution in [2.45, 2.75) is 37.3 Å². The van der Waals surface area contributed by atoms with Crippen LogP contribution >= 0.6 is 0 Å². The summed E-state index contributed by atoms with van der Waals surface area (Å²) in [5.74, 6) is 0. The Labute approximate surface area is 154 Å². The van der Waals surface area contributed by atoms with Crippen LogP contribution in [0.4, 0.5) is 4.79 Å². The minimum absolute atomic E-state index is 0.0567. The molecular formula is C20H21NO4S. The summed E-state index contributed by atoms with van der Waals surface area (Å²) in [7, 11) is -4.02. The number of nitrogens with zero attached hydrogens (tertiary/aromatic N) is 1. The number of rotatable bonds is 4. The van der Waals surface area contributed by atoms with Crippen molar-refractivity contribution in [2.24, 2.45) is 0 Å². The van der Waals surface area contributed by atoms with Gasteiger partial charge in [-0.25, -0.2) is 13.2 Å². The molecule has 1 aliphatic rings. The van der Waals surface area contributed by atoms with Gasteiger partial charge in [-0.05, 0) is 37.1 Å². The molecule has 0 aromatic heterocycles. The Morgan fingerprint density at radius 3 is 2.38 bits per heavy atom. The van der Waals surface area contributed by atoms with E-state index in [1.54, 1.807) is 12.1 Å². The van der Waals surface area contributed by atoms with Crippen LogP contribution in [0.25, 0.3) is 0 Å². The average Bonchev–Trinajstić information content (AvgIpc) is 2.61. The number of hydrogen-bond donors (Lipinski definition) is 0. The Morgan fingerprint density at radius 1 is 1.12 bits per heavy atom. The molecule has 26 heavy (non-hydrogen) atoms. The lowest BCUT2D eigenvalue weighted by Gasteiger charge is -2.37. The quantitative estimate of drug-likeness (QED) is 0.758. The van der Waals surface area contributed by atoms with Crippen molar-refractivity contribution in [3.63, 3.8) is 0 Å². The number of aryl methyl sites for hydroxylation is 2. The highest BCUT2D eigenvalue weighted by molar-refractivity contribution is 7.89. The van der Waals surface area contributed by atoms with E-state index >= 15 is 0 Å². The first-order valence-corrected chi connectivity index (χ1v) is 9.78. The molecule has 0 N–H and O–H groups in total. The molecule has 0 saturated carbocycles. The summed E-state index contributed by atoms with van der Waals surface area (Å²) >= 11 is 0. The first-order chi connectivity index (χ1) is 12.3. The Morgan fingerprint density at radius 2 is 1.77 bits per heavy atom. The highest BCUT2D eigenvalue weighted by Crippen LogP contribution is 2.35. The number of cyclic esters (lactones) is 1. The van der Waals surface area contributed by atoms with Crippen LogP contribution in [0.15, 0.2) is 66.1 Å². The molecule has 1 aliphatic heterocycles. The molecular weight excluding hydrogens is 350 g/mol. The molecule has 1 amide bonds. The van der Waals surface area contributed by atoms with Crippen molar-refractivity contribution in [1.29, 1.82) is 0 Å². The molecule has 2 aromatic rings. The number of carbonyl (C=O) groups is 1. The predicted octanol–water partition coefficient (Wildman–Crippen LogP) is 4.13. The van der Waals surface area contributed by atoms with Gasteiger partial charge in [0.15, 0.2) is 0 Å². The summed E-state index contributed by atoms with van der Waals surface area (Å²) in [6.07, 6.45) is 0.425. The van der Waals surface area contributed by atoms with E-state index < -0.39 is 28.3 Å². The van der Waals surface area contributed by atoms with E-state index in [4.69, 9.17) is 4.74 Å². The summed E-state index contributed by atoms with van der Waals surface area (Å²) in [6.45, 7) is 7.53. The minimum atomic E-state index is -4.02. The lowest BCUT2D eigenvalue weighted by Crippen LogP contribution is -2.48. The Hall–Kier alpha value is -2.60. The number of ether oxygens (including phenoxy) is 1. The van der Waals surface area contributed by atoms with Crippen LogP contribution in [0.3, 0.4) is 0 Å². The van der Waals surface area contributed by atoms with Crippen molar-refractivity contribution in [2.75, 3.05) is 0 Å². The van der Waals surface area contributed by atoms with Crippen molar-refractivity contribution < 1.29 is 17.9 Å². The second-order valence-corrected chi connectivity index (χ2v) is 8.20. The normalized spacial score (nSPS) is 20.5. The standard InChI is InChI=1S/C20H21NO4S/c1-4-16-13-19(18-8-6-5-7-15(18)3)25-20(22)21(16)26(23,24)17-11-9-14(2)10-12-17/h4-12,16,19H,1,13H2,2-3H3/t16-,19-/m0/s1. The predicted molar refractivity (Wildman–Crippen MR) is 99.2 cm³/mol. The van der Waals surface area contributed by atoms with Crippen molar-refractivity contribution >= 4 is 16.1 Å². The number of benzene rings is 2. The fraction of sp³-hybridized carbons (Fsp3) is 0.250. The number of hydrogen-bond acceptors (Lipinski definition) is 4. The molecule has 6 heteroatoms. The summed E-state index contributed by atoms with van der Waals surface area (Å²) < 4.78 is 32.2. The van der Waals surface area contributed by atoms with Gasteiger partial charge in [0, 0.05) is 6.42 Å². The monoisotopic (exact) mass is 371 g/mol. The largest absolute Gasteiger partial charge is 0.440 e. The molecule has 5 nitrogen and oxygen atoms in total. The molecule has 3 rings (SSSR count).